The molecule has 0 fully saturated rings. The largest absolute Gasteiger partial charge is 0.379 e. The number of fused-ring (bicyclic) bond motifs is 1. The molecule has 0 bridgehead atoms. The van der Waals surface area contributed by atoms with E-state index in [4.69, 9.17) is 10.4 Å². The number of aromatic nitrogens is 5. The lowest BCUT2D eigenvalue weighted by molar-refractivity contribution is 0.310. The van der Waals surface area contributed by atoms with Crippen LogP contribution in [0.25, 0.3) is 33.7 Å². The molecule has 0 atom stereocenters. The molecule has 1 aromatic carbocycles. The summed E-state index contributed by atoms with van der Waals surface area (Å²) >= 11 is 1.72. The number of imidazole rings is 1. The molecule has 134 valence electrons. The normalized spacial score (nSPS) is 10.8. The van der Waals surface area contributed by atoms with Gasteiger partial charge in [-0.05, 0) is 41.2 Å². The third kappa shape index (κ3) is 2.91. The number of hydrogen-bond donors (Lipinski definition) is 1. The fourth-order valence-corrected chi connectivity index (χ4v) is 3.32. The summed E-state index contributed by atoms with van der Waals surface area (Å²) in [6.45, 7) is 2.76. The lowest BCUT2D eigenvalue weighted by Gasteiger charge is -2.09. The molecule has 4 rings (SSSR count). The molecule has 0 amide bonds. The molecule has 0 aliphatic carbocycles. The van der Waals surface area contributed by atoms with Gasteiger partial charge in [-0.15, -0.1) is 24.2 Å². The lowest BCUT2D eigenvalue weighted by Crippen LogP contribution is -2.01. The summed E-state index contributed by atoms with van der Waals surface area (Å²) in [5.41, 5.74) is 10.2. The highest BCUT2D eigenvalue weighted by Gasteiger charge is 2.20. The molecule has 0 spiro atoms. The number of pyridine rings is 1. The van der Waals surface area contributed by atoms with Crippen LogP contribution in [-0.2, 0) is 6.54 Å². The van der Waals surface area contributed by atoms with E-state index < -0.39 is 0 Å². The molecule has 0 saturated carbocycles. The predicted molar refractivity (Wildman–Crippen MR) is 105 cm³/mol. The summed E-state index contributed by atoms with van der Waals surface area (Å²) in [5, 5.41) is 7.56. The molecule has 4 aromatic rings. The standard InChI is InChI=1S/C17H16N6OS.ClH/c1-3-23-15-12(10-4-6-11(25-2)7-5-10)8-19-9-13(15)20-17(23)14-16(18)22-24-21-14;/h4-9H,3H2,1-2H3,(H2,18,22);1H. The average molecular weight is 389 g/mol. The maximum absolute atomic E-state index is 5.86. The SMILES string of the molecule is CCn1c(-c2nonc2N)nc2cncc(-c3ccc(SC)cc3)c21.Cl. The summed E-state index contributed by atoms with van der Waals surface area (Å²) in [6.07, 6.45) is 5.67. The highest BCUT2D eigenvalue weighted by molar-refractivity contribution is 7.98. The Bertz CT molecular complexity index is 1040. The van der Waals surface area contributed by atoms with Gasteiger partial charge in [-0.2, -0.15) is 0 Å². The number of nitrogen functional groups attached to an aromatic ring is 1. The van der Waals surface area contributed by atoms with Crippen molar-refractivity contribution in [2.45, 2.75) is 18.4 Å². The number of anilines is 1. The number of aryl methyl sites for hydroxylation is 1. The van der Waals surface area contributed by atoms with Crippen LogP contribution in [0.4, 0.5) is 5.82 Å². The zero-order valence-corrected chi connectivity index (χ0v) is 15.8. The number of hydrogen-bond acceptors (Lipinski definition) is 7. The van der Waals surface area contributed by atoms with Crippen molar-refractivity contribution in [3.63, 3.8) is 0 Å². The van der Waals surface area contributed by atoms with Gasteiger partial charge in [0.2, 0.25) is 0 Å². The molecule has 0 aliphatic rings. The Labute approximate surface area is 160 Å². The summed E-state index contributed by atoms with van der Waals surface area (Å²) in [6, 6.07) is 8.40. The summed E-state index contributed by atoms with van der Waals surface area (Å²) < 4.78 is 6.80. The Morgan fingerprint density at radius 1 is 1.15 bits per heavy atom. The first-order valence-electron chi connectivity index (χ1n) is 7.80. The van der Waals surface area contributed by atoms with Crippen LogP contribution in [0.15, 0.2) is 46.2 Å². The molecular weight excluding hydrogens is 372 g/mol. The molecule has 2 N–H and O–H groups in total. The van der Waals surface area contributed by atoms with Crippen molar-refractivity contribution in [2.24, 2.45) is 0 Å². The minimum atomic E-state index is 0. The number of thioether (sulfide) groups is 1. The molecule has 0 unspecified atom stereocenters. The Balaban J connectivity index is 0.00000196. The number of benzene rings is 1. The average Bonchev–Trinajstić information content (AvgIpc) is 3.24. The maximum atomic E-state index is 5.86. The van der Waals surface area contributed by atoms with Crippen LogP contribution < -0.4 is 5.73 Å². The van der Waals surface area contributed by atoms with Gasteiger partial charge in [-0.3, -0.25) is 4.98 Å². The second-order valence-corrected chi connectivity index (χ2v) is 6.34. The Morgan fingerprint density at radius 2 is 1.92 bits per heavy atom. The van der Waals surface area contributed by atoms with E-state index in [2.05, 4.69) is 62.3 Å². The fourth-order valence-electron chi connectivity index (χ4n) is 2.91. The highest BCUT2D eigenvalue weighted by Crippen LogP contribution is 2.33. The number of halogens is 1. The summed E-state index contributed by atoms with van der Waals surface area (Å²) in [7, 11) is 0. The van der Waals surface area contributed by atoms with E-state index in [1.807, 2.05) is 6.20 Å². The van der Waals surface area contributed by atoms with Crippen molar-refractivity contribution in [1.29, 1.82) is 0 Å². The first-order valence-corrected chi connectivity index (χ1v) is 9.02. The van der Waals surface area contributed by atoms with Gasteiger partial charge in [-0.25, -0.2) is 9.61 Å². The number of rotatable bonds is 4. The molecular formula is C17H17ClN6OS. The molecule has 9 heteroatoms. The topological polar surface area (TPSA) is 95.7 Å². The van der Waals surface area contributed by atoms with Gasteiger partial charge in [0.1, 0.15) is 5.52 Å². The van der Waals surface area contributed by atoms with Gasteiger partial charge in [0.05, 0.1) is 11.7 Å². The van der Waals surface area contributed by atoms with Crippen LogP contribution in [0.5, 0.6) is 0 Å². The first kappa shape index (κ1) is 18.2. The number of nitrogens with two attached hydrogens (primary N) is 1. The summed E-state index contributed by atoms with van der Waals surface area (Å²) in [5.74, 6) is 0.857. The van der Waals surface area contributed by atoms with Gasteiger partial charge in [0.25, 0.3) is 0 Å². The highest BCUT2D eigenvalue weighted by atomic mass is 35.5. The quantitative estimate of drug-likeness (QED) is 0.529. The van der Waals surface area contributed by atoms with Crippen LogP contribution in [0.2, 0.25) is 0 Å². The molecule has 26 heavy (non-hydrogen) atoms. The van der Waals surface area contributed by atoms with Gasteiger partial charge in [0, 0.05) is 23.2 Å². The molecule has 3 aromatic heterocycles. The Morgan fingerprint density at radius 3 is 2.54 bits per heavy atom. The van der Waals surface area contributed by atoms with E-state index in [0.717, 1.165) is 22.2 Å². The van der Waals surface area contributed by atoms with Crippen molar-refractivity contribution in [2.75, 3.05) is 12.0 Å². The zero-order chi connectivity index (χ0) is 17.4. The van der Waals surface area contributed by atoms with Crippen molar-refractivity contribution in [3.8, 4) is 22.6 Å². The monoisotopic (exact) mass is 388 g/mol. The van der Waals surface area contributed by atoms with E-state index in [0.29, 0.717) is 18.1 Å². The van der Waals surface area contributed by atoms with E-state index in [9.17, 15) is 0 Å². The molecule has 7 nitrogen and oxygen atoms in total. The Hall–Kier alpha value is -2.58. The van der Waals surface area contributed by atoms with Crippen molar-refractivity contribution in [3.05, 3.63) is 36.7 Å². The van der Waals surface area contributed by atoms with Crippen molar-refractivity contribution < 1.29 is 4.63 Å². The maximum Gasteiger partial charge on any atom is 0.199 e. The minimum Gasteiger partial charge on any atom is -0.379 e. The van der Waals surface area contributed by atoms with Gasteiger partial charge in [0.15, 0.2) is 17.3 Å². The smallest absolute Gasteiger partial charge is 0.199 e. The number of nitrogens with zero attached hydrogens (tertiary/aromatic N) is 5. The van der Waals surface area contributed by atoms with Crippen LogP contribution >= 0.6 is 24.2 Å². The van der Waals surface area contributed by atoms with Crippen molar-refractivity contribution in [1.82, 2.24) is 24.8 Å². The van der Waals surface area contributed by atoms with Crippen LogP contribution in [0.3, 0.4) is 0 Å². The second-order valence-electron chi connectivity index (χ2n) is 5.46. The lowest BCUT2D eigenvalue weighted by atomic mass is 10.1. The molecule has 0 saturated heterocycles. The first-order chi connectivity index (χ1) is 12.2. The van der Waals surface area contributed by atoms with Gasteiger partial charge >= 0.3 is 0 Å². The fraction of sp³-hybridized carbons (Fsp3) is 0.176. The van der Waals surface area contributed by atoms with Gasteiger partial charge in [-0.1, -0.05) is 12.1 Å². The Kier molecular flexibility index (Phi) is 5.15. The van der Waals surface area contributed by atoms with Crippen LogP contribution in [-0.4, -0.2) is 31.1 Å². The van der Waals surface area contributed by atoms with Crippen LogP contribution in [0.1, 0.15) is 6.92 Å². The zero-order valence-electron chi connectivity index (χ0n) is 14.2. The molecule has 0 aliphatic heterocycles. The van der Waals surface area contributed by atoms with E-state index in [1.165, 1.54) is 4.90 Å². The second kappa shape index (κ2) is 7.35. The third-order valence-corrected chi connectivity index (χ3v) is 4.84. The van der Waals surface area contributed by atoms with Crippen molar-refractivity contribution >= 4 is 41.0 Å². The van der Waals surface area contributed by atoms with Gasteiger partial charge < -0.3 is 10.3 Å². The molecule has 0 radical (unpaired) electrons. The molecule has 3 heterocycles. The summed E-state index contributed by atoms with van der Waals surface area (Å²) in [4.78, 5) is 10.2. The van der Waals surface area contributed by atoms with E-state index in [-0.39, 0.29) is 18.2 Å². The van der Waals surface area contributed by atoms with E-state index >= 15 is 0 Å². The minimum absolute atomic E-state index is 0. The van der Waals surface area contributed by atoms with E-state index in [1.54, 1.807) is 18.0 Å². The van der Waals surface area contributed by atoms with Crippen LogP contribution in [0, 0.1) is 0 Å². The third-order valence-electron chi connectivity index (χ3n) is 4.09. The predicted octanol–water partition coefficient (Wildman–Crippen LogP) is 3.89.